The SMILES string of the molecule is Cc1nc(N2CCC3(CCc4c3nc(-c3ccccc3)[nH]c4=O)CC2)c2[nH]ccc2n1. The average Bonchev–Trinajstić information content (AvgIpc) is 3.40. The summed E-state index contributed by atoms with van der Waals surface area (Å²) < 4.78 is 0. The zero-order chi connectivity index (χ0) is 21.0. The molecule has 3 aromatic heterocycles. The molecule has 2 N–H and O–H groups in total. The van der Waals surface area contributed by atoms with Gasteiger partial charge in [0.25, 0.3) is 5.56 Å². The summed E-state index contributed by atoms with van der Waals surface area (Å²) in [6.07, 6.45) is 5.65. The number of hydrogen-bond acceptors (Lipinski definition) is 5. The van der Waals surface area contributed by atoms with Crippen LogP contribution in [0.2, 0.25) is 0 Å². The largest absolute Gasteiger partial charge is 0.357 e. The summed E-state index contributed by atoms with van der Waals surface area (Å²) in [5.74, 6) is 2.44. The summed E-state index contributed by atoms with van der Waals surface area (Å²) in [5.41, 5.74) is 4.77. The Morgan fingerprint density at radius 2 is 1.81 bits per heavy atom. The Kier molecular flexibility index (Phi) is 4.00. The molecule has 4 heterocycles. The molecule has 0 bridgehead atoms. The number of piperidine rings is 1. The van der Waals surface area contributed by atoms with Crippen LogP contribution in [-0.2, 0) is 11.8 Å². The minimum Gasteiger partial charge on any atom is -0.357 e. The van der Waals surface area contributed by atoms with Gasteiger partial charge in [-0.25, -0.2) is 15.0 Å². The van der Waals surface area contributed by atoms with Crippen LogP contribution in [0.1, 0.15) is 36.3 Å². The Bertz CT molecular complexity index is 1330. The lowest BCUT2D eigenvalue weighted by Crippen LogP contribution is -2.42. The Hall–Kier alpha value is -3.48. The number of aromatic amines is 2. The van der Waals surface area contributed by atoms with Crippen molar-refractivity contribution in [2.24, 2.45) is 0 Å². The van der Waals surface area contributed by atoms with Crippen LogP contribution in [0.4, 0.5) is 5.82 Å². The predicted octanol–water partition coefficient (Wildman–Crippen LogP) is 3.50. The molecule has 6 rings (SSSR count). The molecule has 0 unspecified atom stereocenters. The summed E-state index contributed by atoms with van der Waals surface area (Å²) in [5, 5.41) is 0. The van der Waals surface area contributed by atoms with Crippen molar-refractivity contribution in [2.45, 2.75) is 38.0 Å². The standard InChI is InChI=1S/C24H24N6O/c1-15-26-18-8-12-25-19(18)22(27-15)30-13-10-24(11-14-30)9-7-17-20(24)28-21(29-23(17)31)16-5-3-2-4-6-16/h2-6,8,12,25H,7,9-11,13-14H2,1H3,(H,28,29,31). The molecule has 0 atom stereocenters. The molecular formula is C24H24N6O. The van der Waals surface area contributed by atoms with Gasteiger partial charge in [-0.15, -0.1) is 0 Å². The Morgan fingerprint density at radius 1 is 1.00 bits per heavy atom. The molecule has 156 valence electrons. The first kappa shape index (κ1) is 18.3. The van der Waals surface area contributed by atoms with E-state index in [0.29, 0.717) is 5.82 Å². The summed E-state index contributed by atoms with van der Waals surface area (Å²) in [4.78, 5) is 35.8. The molecule has 2 aliphatic rings. The first-order valence-electron chi connectivity index (χ1n) is 10.9. The molecule has 7 heteroatoms. The molecule has 0 amide bonds. The quantitative estimate of drug-likeness (QED) is 0.526. The number of aromatic nitrogens is 5. The Balaban J connectivity index is 1.34. The third-order valence-electron chi connectivity index (χ3n) is 6.94. The van der Waals surface area contributed by atoms with Crippen LogP contribution in [0.25, 0.3) is 22.4 Å². The van der Waals surface area contributed by atoms with Crippen LogP contribution in [0, 0.1) is 6.92 Å². The van der Waals surface area contributed by atoms with Crippen LogP contribution in [-0.4, -0.2) is 38.0 Å². The van der Waals surface area contributed by atoms with E-state index in [9.17, 15) is 4.79 Å². The monoisotopic (exact) mass is 412 g/mol. The maximum atomic E-state index is 12.8. The van der Waals surface area contributed by atoms with Crippen molar-refractivity contribution in [2.75, 3.05) is 18.0 Å². The van der Waals surface area contributed by atoms with Gasteiger partial charge in [0.15, 0.2) is 5.82 Å². The lowest BCUT2D eigenvalue weighted by molar-refractivity contribution is 0.322. The topological polar surface area (TPSA) is 90.6 Å². The molecule has 1 saturated heterocycles. The first-order valence-corrected chi connectivity index (χ1v) is 10.9. The van der Waals surface area contributed by atoms with E-state index in [2.05, 4.69) is 19.9 Å². The van der Waals surface area contributed by atoms with Gasteiger partial charge in [-0.2, -0.15) is 0 Å². The van der Waals surface area contributed by atoms with E-state index < -0.39 is 0 Å². The summed E-state index contributed by atoms with van der Waals surface area (Å²) >= 11 is 0. The Labute approximate surface area is 179 Å². The van der Waals surface area contributed by atoms with Crippen LogP contribution in [0.5, 0.6) is 0 Å². The number of nitrogens with one attached hydrogen (secondary N) is 2. The van der Waals surface area contributed by atoms with Gasteiger partial charge in [-0.3, -0.25) is 4.79 Å². The minimum atomic E-state index is -0.0272. The molecule has 31 heavy (non-hydrogen) atoms. The first-order chi connectivity index (χ1) is 15.1. The number of nitrogens with zero attached hydrogens (tertiary/aromatic N) is 4. The lowest BCUT2D eigenvalue weighted by atomic mass is 9.76. The lowest BCUT2D eigenvalue weighted by Gasteiger charge is -2.40. The molecule has 0 saturated carbocycles. The Morgan fingerprint density at radius 3 is 2.61 bits per heavy atom. The normalized spacial score (nSPS) is 17.4. The second kappa shape index (κ2) is 6.77. The molecule has 0 radical (unpaired) electrons. The van der Waals surface area contributed by atoms with E-state index in [0.717, 1.165) is 78.3 Å². The smallest absolute Gasteiger partial charge is 0.254 e. The number of benzene rings is 1. The van der Waals surface area contributed by atoms with Crippen molar-refractivity contribution in [3.8, 4) is 11.4 Å². The zero-order valence-corrected chi connectivity index (χ0v) is 17.5. The van der Waals surface area contributed by atoms with Gasteiger partial charge in [0.2, 0.25) is 0 Å². The second-order valence-electron chi connectivity index (χ2n) is 8.71. The van der Waals surface area contributed by atoms with Gasteiger partial charge in [-0.05, 0) is 38.7 Å². The summed E-state index contributed by atoms with van der Waals surface area (Å²) in [7, 11) is 0. The van der Waals surface area contributed by atoms with Crippen LogP contribution >= 0.6 is 0 Å². The minimum absolute atomic E-state index is 0.0164. The molecular weight excluding hydrogens is 388 g/mol. The van der Waals surface area contributed by atoms with Crippen LogP contribution < -0.4 is 10.5 Å². The van der Waals surface area contributed by atoms with E-state index in [1.54, 1.807) is 0 Å². The number of anilines is 1. The molecule has 1 spiro atoms. The highest BCUT2D eigenvalue weighted by Gasteiger charge is 2.44. The van der Waals surface area contributed by atoms with Gasteiger partial charge < -0.3 is 14.9 Å². The van der Waals surface area contributed by atoms with Gasteiger partial charge in [-0.1, -0.05) is 30.3 Å². The van der Waals surface area contributed by atoms with Crippen molar-refractivity contribution in [3.63, 3.8) is 0 Å². The number of aryl methyl sites for hydroxylation is 1. The number of H-pyrrole nitrogens is 2. The molecule has 1 fully saturated rings. The fourth-order valence-corrected chi connectivity index (χ4v) is 5.29. The van der Waals surface area contributed by atoms with E-state index in [-0.39, 0.29) is 11.0 Å². The van der Waals surface area contributed by atoms with Crippen molar-refractivity contribution < 1.29 is 0 Å². The van der Waals surface area contributed by atoms with Gasteiger partial charge >= 0.3 is 0 Å². The highest BCUT2D eigenvalue weighted by Crippen LogP contribution is 2.45. The van der Waals surface area contributed by atoms with E-state index in [4.69, 9.17) is 9.97 Å². The fraction of sp³-hybridized carbons (Fsp3) is 0.333. The molecule has 1 aromatic carbocycles. The predicted molar refractivity (Wildman–Crippen MR) is 120 cm³/mol. The highest BCUT2D eigenvalue weighted by molar-refractivity contribution is 5.86. The maximum Gasteiger partial charge on any atom is 0.254 e. The highest BCUT2D eigenvalue weighted by atomic mass is 16.1. The van der Waals surface area contributed by atoms with Gasteiger partial charge in [0, 0.05) is 35.8 Å². The molecule has 1 aliphatic heterocycles. The van der Waals surface area contributed by atoms with E-state index in [1.165, 1.54) is 0 Å². The third-order valence-corrected chi connectivity index (χ3v) is 6.94. The van der Waals surface area contributed by atoms with Crippen molar-refractivity contribution in [3.05, 3.63) is 70.0 Å². The van der Waals surface area contributed by atoms with E-state index >= 15 is 0 Å². The third kappa shape index (κ3) is 2.87. The van der Waals surface area contributed by atoms with Crippen molar-refractivity contribution in [1.29, 1.82) is 0 Å². The zero-order valence-electron chi connectivity index (χ0n) is 17.5. The van der Waals surface area contributed by atoms with Crippen LogP contribution in [0.3, 0.4) is 0 Å². The number of fused-ring (bicyclic) bond motifs is 3. The average molecular weight is 412 g/mol. The number of rotatable bonds is 2. The van der Waals surface area contributed by atoms with Crippen LogP contribution in [0.15, 0.2) is 47.4 Å². The second-order valence-corrected chi connectivity index (χ2v) is 8.71. The summed E-state index contributed by atoms with van der Waals surface area (Å²) in [6.45, 7) is 3.72. The molecule has 1 aliphatic carbocycles. The number of hydrogen-bond donors (Lipinski definition) is 2. The van der Waals surface area contributed by atoms with Crippen molar-refractivity contribution >= 4 is 16.9 Å². The van der Waals surface area contributed by atoms with Crippen molar-refractivity contribution in [1.82, 2.24) is 24.9 Å². The maximum absolute atomic E-state index is 12.8. The molecule has 7 nitrogen and oxygen atoms in total. The fourth-order valence-electron chi connectivity index (χ4n) is 5.29. The molecule has 4 aromatic rings. The van der Waals surface area contributed by atoms with Gasteiger partial charge in [0.05, 0.1) is 11.2 Å². The van der Waals surface area contributed by atoms with Gasteiger partial charge in [0.1, 0.15) is 17.2 Å². The summed E-state index contributed by atoms with van der Waals surface area (Å²) in [6, 6.07) is 11.9. The van der Waals surface area contributed by atoms with E-state index in [1.807, 2.05) is 49.5 Å².